The lowest BCUT2D eigenvalue weighted by molar-refractivity contribution is -0.0186. The molecule has 0 aliphatic heterocycles. The van der Waals surface area contributed by atoms with Gasteiger partial charge >= 0.3 is 0 Å². The van der Waals surface area contributed by atoms with Crippen molar-refractivity contribution < 1.29 is 5.11 Å². The number of likely N-dealkylation sites (N-methyl/N-ethyl adjacent to an activating group) is 2. The topological polar surface area (TPSA) is 52.7 Å². The van der Waals surface area contributed by atoms with E-state index in [0.29, 0.717) is 25.0 Å². The predicted molar refractivity (Wildman–Crippen MR) is 72.0 cm³/mol. The summed E-state index contributed by atoms with van der Waals surface area (Å²) in [6.45, 7) is 7.43. The lowest BCUT2D eigenvalue weighted by Crippen LogP contribution is -2.53. The average Bonchev–Trinajstić information content (AvgIpc) is 3.08. The molecule has 1 aliphatic rings. The van der Waals surface area contributed by atoms with Gasteiger partial charge in [-0.25, -0.2) is 0 Å². The van der Waals surface area contributed by atoms with E-state index >= 15 is 0 Å². The maximum Gasteiger partial charge on any atom is 0.0923 e. The Morgan fingerprint density at radius 3 is 2.35 bits per heavy atom. The molecule has 1 fully saturated rings. The Morgan fingerprint density at radius 1 is 1.41 bits per heavy atom. The van der Waals surface area contributed by atoms with Crippen LogP contribution < -0.4 is 5.73 Å². The van der Waals surface area contributed by atoms with E-state index in [1.54, 1.807) is 0 Å². The third-order valence-electron chi connectivity index (χ3n) is 3.83. The average molecular weight is 243 g/mol. The minimum atomic E-state index is -0.670. The number of hydrogen-bond donors (Lipinski definition) is 2. The molecule has 0 bridgehead atoms. The van der Waals surface area contributed by atoms with Gasteiger partial charge in [-0.1, -0.05) is 6.92 Å². The zero-order valence-electron chi connectivity index (χ0n) is 11.8. The van der Waals surface area contributed by atoms with Gasteiger partial charge in [0, 0.05) is 25.7 Å². The molecule has 0 heterocycles. The fourth-order valence-electron chi connectivity index (χ4n) is 2.56. The van der Waals surface area contributed by atoms with Gasteiger partial charge in [0.15, 0.2) is 0 Å². The van der Waals surface area contributed by atoms with E-state index in [4.69, 9.17) is 5.73 Å². The molecule has 0 saturated heterocycles. The first-order valence-electron chi connectivity index (χ1n) is 6.74. The number of hydrogen-bond acceptors (Lipinski definition) is 4. The maximum absolute atomic E-state index is 10.6. The minimum Gasteiger partial charge on any atom is -0.387 e. The van der Waals surface area contributed by atoms with Gasteiger partial charge < -0.3 is 15.7 Å². The molecule has 1 aliphatic carbocycles. The normalized spacial score (nSPS) is 21.9. The van der Waals surface area contributed by atoms with E-state index < -0.39 is 5.60 Å². The molecule has 0 spiro atoms. The van der Waals surface area contributed by atoms with Gasteiger partial charge in [0.25, 0.3) is 0 Å². The standard InChI is InChI=1S/C13H29N3O/c1-5-16(11(2)8-15(3)4)10-13(17,9-14)12-6-7-12/h11-12,17H,5-10,14H2,1-4H3. The van der Waals surface area contributed by atoms with Crippen LogP contribution in [0.25, 0.3) is 0 Å². The van der Waals surface area contributed by atoms with Gasteiger partial charge in [0.05, 0.1) is 5.60 Å². The third kappa shape index (κ3) is 4.21. The fraction of sp³-hybridized carbons (Fsp3) is 1.00. The summed E-state index contributed by atoms with van der Waals surface area (Å²) in [5.74, 6) is 0.424. The van der Waals surface area contributed by atoms with Crippen LogP contribution in [0.15, 0.2) is 0 Å². The van der Waals surface area contributed by atoms with Crippen molar-refractivity contribution in [1.29, 1.82) is 0 Å². The quantitative estimate of drug-likeness (QED) is 0.646. The minimum absolute atomic E-state index is 0.378. The molecule has 4 nitrogen and oxygen atoms in total. The van der Waals surface area contributed by atoms with Crippen molar-refractivity contribution in [1.82, 2.24) is 9.80 Å². The van der Waals surface area contributed by atoms with E-state index in [2.05, 4.69) is 37.7 Å². The Kier molecular flexibility index (Phi) is 5.38. The van der Waals surface area contributed by atoms with Crippen LogP contribution in [0.3, 0.4) is 0 Å². The Hall–Kier alpha value is -0.160. The second kappa shape index (κ2) is 6.14. The summed E-state index contributed by atoms with van der Waals surface area (Å²) in [6.07, 6.45) is 2.26. The summed E-state index contributed by atoms with van der Waals surface area (Å²) in [5.41, 5.74) is 5.10. The van der Waals surface area contributed by atoms with Crippen molar-refractivity contribution in [2.45, 2.75) is 38.3 Å². The number of nitrogens with two attached hydrogens (primary N) is 1. The highest BCUT2D eigenvalue weighted by atomic mass is 16.3. The molecule has 0 amide bonds. The molecule has 1 saturated carbocycles. The molecule has 0 aromatic carbocycles. The Balaban J connectivity index is 2.55. The van der Waals surface area contributed by atoms with Gasteiger partial charge in [0.1, 0.15) is 0 Å². The summed E-state index contributed by atoms with van der Waals surface area (Å²) < 4.78 is 0. The molecule has 0 aromatic heterocycles. The number of nitrogens with zero attached hydrogens (tertiary/aromatic N) is 2. The van der Waals surface area contributed by atoms with Crippen molar-refractivity contribution in [3.63, 3.8) is 0 Å². The van der Waals surface area contributed by atoms with Crippen LogP contribution in [0, 0.1) is 5.92 Å². The highest BCUT2D eigenvalue weighted by Gasteiger charge is 2.44. The molecule has 0 aromatic rings. The molecule has 2 unspecified atom stereocenters. The van der Waals surface area contributed by atoms with Crippen LogP contribution >= 0.6 is 0 Å². The molecule has 2 atom stereocenters. The second-order valence-electron chi connectivity index (χ2n) is 5.76. The molecule has 1 rings (SSSR count). The van der Waals surface area contributed by atoms with Gasteiger partial charge in [-0.2, -0.15) is 0 Å². The fourth-order valence-corrected chi connectivity index (χ4v) is 2.56. The first-order chi connectivity index (χ1) is 7.92. The second-order valence-corrected chi connectivity index (χ2v) is 5.76. The van der Waals surface area contributed by atoms with Crippen molar-refractivity contribution in [3.05, 3.63) is 0 Å². The largest absolute Gasteiger partial charge is 0.387 e. The molecule has 102 valence electrons. The highest BCUT2D eigenvalue weighted by molar-refractivity contribution is 4.98. The molecular formula is C13H29N3O. The van der Waals surface area contributed by atoms with E-state index in [1.165, 1.54) is 0 Å². The first kappa shape index (κ1) is 14.9. The van der Waals surface area contributed by atoms with Crippen LogP contribution in [0.4, 0.5) is 0 Å². The van der Waals surface area contributed by atoms with Crippen LogP contribution in [0.5, 0.6) is 0 Å². The lowest BCUT2D eigenvalue weighted by atomic mass is 9.96. The van der Waals surface area contributed by atoms with Crippen molar-refractivity contribution in [2.75, 3.05) is 40.3 Å². The molecule has 4 heteroatoms. The molecular weight excluding hydrogens is 214 g/mol. The van der Waals surface area contributed by atoms with Crippen molar-refractivity contribution >= 4 is 0 Å². The first-order valence-corrected chi connectivity index (χ1v) is 6.74. The third-order valence-corrected chi connectivity index (χ3v) is 3.83. The van der Waals surface area contributed by atoms with Gasteiger partial charge in [0.2, 0.25) is 0 Å². The van der Waals surface area contributed by atoms with E-state index in [9.17, 15) is 5.11 Å². The zero-order valence-corrected chi connectivity index (χ0v) is 11.8. The maximum atomic E-state index is 10.6. The molecule has 17 heavy (non-hydrogen) atoms. The Labute approximate surface area is 106 Å². The summed E-state index contributed by atoms with van der Waals surface area (Å²) in [6, 6.07) is 0.451. The van der Waals surface area contributed by atoms with Gasteiger partial charge in [-0.05, 0) is 46.3 Å². The summed E-state index contributed by atoms with van der Waals surface area (Å²) in [7, 11) is 4.17. The van der Waals surface area contributed by atoms with Gasteiger partial charge in [-0.3, -0.25) is 4.90 Å². The van der Waals surface area contributed by atoms with E-state index in [0.717, 1.165) is 25.9 Å². The predicted octanol–water partition coefficient (Wildman–Crippen LogP) is 0.358. The Bertz CT molecular complexity index is 231. The van der Waals surface area contributed by atoms with Crippen LogP contribution in [-0.2, 0) is 0 Å². The van der Waals surface area contributed by atoms with Crippen LogP contribution in [-0.4, -0.2) is 66.8 Å². The van der Waals surface area contributed by atoms with Crippen molar-refractivity contribution in [3.8, 4) is 0 Å². The number of aliphatic hydroxyl groups is 1. The SMILES string of the molecule is CCN(CC(O)(CN)C1CC1)C(C)CN(C)C. The smallest absolute Gasteiger partial charge is 0.0923 e. The highest BCUT2D eigenvalue weighted by Crippen LogP contribution is 2.39. The molecule has 0 radical (unpaired) electrons. The lowest BCUT2D eigenvalue weighted by Gasteiger charge is -2.37. The van der Waals surface area contributed by atoms with Crippen molar-refractivity contribution in [2.24, 2.45) is 11.7 Å². The van der Waals surface area contributed by atoms with Crippen LogP contribution in [0.2, 0.25) is 0 Å². The summed E-state index contributed by atoms with van der Waals surface area (Å²) >= 11 is 0. The van der Waals surface area contributed by atoms with E-state index in [1.807, 2.05) is 0 Å². The summed E-state index contributed by atoms with van der Waals surface area (Å²) in [4.78, 5) is 4.52. The Morgan fingerprint density at radius 2 is 2.00 bits per heavy atom. The van der Waals surface area contributed by atoms with E-state index in [-0.39, 0.29) is 0 Å². The van der Waals surface area contributed by atoms with Gasteiger partial charge in [-0.15, -0.1) is 0 Å². The number of rotatable bonds is 8. The van der Waals surface area contributed by atoms with Crippen LogP contribution in [0.1, 0.15) is 26.7 Å². The monoisotopic (exact) mass is 243 g/mol. The zero-order chi connectivity index (χ0) is 13.1. The molecule has 3 N–H and O–H groups in total. The summed E-state index contributed by atoms with van der Waals surface area (Å²) in [5, 5.41) is 10.6.